The lowest BCUT2D eigenvalue weighted by Crippen LogP contribution is -2.17. The van der Waals surface area contributed by atoms with Gasteiger partial charge in [-0.25, -0.2) is 0 Å². The number of nitrogens with one attached hydrogen (secondary N) is 1. The fourth-order valence-electron chi connectivity index (χ4n) is 1.57. The van der Waals surface area contributed by atoms with Gasteiger partial charge in [-0.2, -0.15) is 0 Å². The molecule has 0 unspecified atom stereocenters. The maximum absolute atomic E-state index is 3.51. The van der Waals surface area contributed by atoms with Crippen molar-refractivity contribution in [3.63, 3.8) is 0 Å². The number of hydrogen-bond acceptors (Lipinski definition) is 2. The lowest BCUT2D eigenvalue weighted by Gasteiger charge is -2.13. The fraction of sp³-hybridized carbons (Fsp3) is 0.231. The molecule has 0 spiro atoms. The van der Waals surface area contributed by atoms with Crippen LogP contribution in [-0.4, -0.2) is 0 Å². The molecule has 2 aromatic rings. The Hall–Kier alpha value is -0.640. The lowest BCUT2D eigenvalue weighted by atomic mass is 10.1. The van der Waals surface area contributed by atoms with Gasteiger partial charge in [0, 0.05) is 12.6 Å². The van der Waals surface area contributed by atoms with Crippen LogP contribution in [0.3, 0.4) is 0 Å². The van der Waals surface area contributed by atoms with E-state index in [0.717, 1.165) is 6.54 Å². The van der Waals surface area contributed by atoms with Crippen molar-refractivity contribution >= 4 is 27.3 Å². The predicted octanol–water partition coefficient (Wildman–Crippen LogP) is 4.36. The van der Waals surface area contributed by atoms with Gasteiger partial charge in [-0.3, -0.25) is 0 Å². The van der Waals surface area contributed by atoms with Gasteiger partial charge in [0.05, 0.1) is 3.79 Å². The molecule has 0 aliphatic carbocycles. The number of benzene rings is 1. The van der Waals surface area contributed by atoms with E-state index in [1.165, 1.54) is 14.9 Å². The average molecular weight is 296 g/mol. The average Bonchev–Trinajstić information content (AvgIpc) is 2.73. The normalized spacial score (nSPS) is 12.6. The van der Waals surface area contributed by atoms with Gasteiger partial charge >= 0.3 is 0 Å². The summed E-state index contributed by atoms with van der Waals surface area (Å²) < 4.78 is 1.19. The standard InChI is InChI=1S/C13H14BrNS/c1-10(12-5-3-2-4-6-12)15-8-11-7-13(14)16-9-11/h2-7,9-10,15H,8H2,1H3/t10-/m1/s1. The maximum atomic E-state index is 3.51. The third kappa shape index (κ3) is 3.17. The number of hydrogen-bond donors (Lipinski definition) is 1. The highest BCUT2D eigenvalue weighted by Gasteiger charge is 2.04. The first kappa shape index (κ1) is 11.8. The van der Waals surface area contributed by atoms with E-state index >= 15 is 0 Å². The monoisotopic (exact) mass is 295 g/mol. The van der Waals surface area contributed by atoms with Crippen molar-refractivity contribution in [1.82, 2.24) is 5.32 Å². The summed E-state index contributed by atoms with van der Waals surface area (Å²) in [7, 11) is 0. The number of halogens is 1. The molecule has 1 N–H and O–H groups in total. The second-order valence-electron chi connectivity index (χ2n) is 3.77. The van der Waals surface area contributed by atoms with Crippen LogP contribution >= 0.6 is 27.3 Å². The van der Waals surface area contributed by atoms with E-state index in [-0.39, 0.29) is 0 Å². The summed E-state index contributed by atoms with van der Waals surface area (Å²) in [5.74, 6) is 0. The summed E-state index contributed by atoms with van der Waals surface area (Å²) in [6.45, 7) is 3.11. The molecule has 0 aliphatic rings. The molecular weight excluding hydrogens is 282 g/mol. The van der Waals surface area contributed by atoms with Crippen molar-refractivity contribution in [1.29, 1.82) is 0 Å². The minimum Gasteiger partial charge on any atom is -0.306 e. The summed E-state index contributed by atoms with van der Waals surface area (Å²) in [5.41, 5.74) is 2.66. The molecule has 3 heteroatoms. The summed E-state index contributed by atoms with van der Waals surface area (Å²) in [4.78, 5) is 0. The molecule has 1 aromatic carbocycles. The zero-order chi connectivity index (χ0) is 11.4. The first-order valence-corrected chi connectivity index (χ1v) is 6.94. The third-order valence-electron chi connectivity index (χ3n) is 2.53. The molecule has 1 heterocycles. The predicted molar refractivity (Wildman–Crippen MR) is 73.7 cm³/mol. The second kappa shape index (κ2) is 5.62. The topological polar surface area (TPSA) is 12.0 Å². The first-order chi connectivity index (χ1) is 7.75. The van der Waals surface area contributed by atoms with Crippen LogP contribution in [0.2, 0.25) is 0 Å². The highest BCUT2D eigenvalue weighted by Crippen LogP contribution is 2.21. The Bertz CT molecular complexity index is 438. The van der Waals surface area contributed by atoms with Crippen LogP contribution in [0.15, 0.2) is 45.6 Å². The molecule has 1 atom stereocenters. The van der Waals surface area contributed by atoms with Crippen molar-refractivity contribution in [2.45, 2.75) is 19.5 Å². The van der Waals surface area contributed by atoms with Crippen LogP contribution in [0.1, 0.15) is 24.1 Å². The first-order valence-electron chi connectivity index (χ1n) is 5.27. The molecule has 1 nitrogen and oxygen atoms in total. The molecule has 0 radical (unpaired) electrons. The minimum absolute atomic E-state index is 0.389. The van der Waals surface area contributed by atoms with E-state index in [1.807, 2.05) is 6.07 Å². The number of rotatable bonds is 4. The molecule has 0 saturated heterocycles. The Morgan fingerprint density at radius 3 is 2.69 bits per heavy atom. The van der Waals surface area contributed by atoms with Crippen LogP contribution in [0, 0.1) is 0 Å². The lowest BCUT2D eigenvalue weighted by molar-refractivity contribution is 0.575. The number of thiophene rings is 1. The Labute approximate surface area is 109 Å². The molecule has 0 amide bonds. The van der Waals surface area contributed by atoms with Crippen molar-refractivity contribution in [3.8, 4) is 0 Å². The molecule has 2 rings (SSSR count). The van der Waals surface area contributed by atoms with Gasteiger partial charge in [0.1, 0.15) is 0 Å². The van der Waals surface area contributed by atoms with Crippen LogP contribution in [0.5, 0.6) is 0 Å². The molecule has 1 aromatic heterocycles. The molecular formula is C13H14BrNS. The van der Waals surface area contributed by atoms with E-state index in [1.54, 1.807) is 11.3 Å². The highest BCUT2D eigenvalue weighted by atomic mass is 79.9. The SMILES string of the molecule is C[C@@H](NCc1csc(Br)c1)c1ccccc1. The largest absolute Gasteiger partial charge is 0.306 e. The van der Waals surface area contributed by atoms with E-state index in [4.69, 9.17) is 0 Å². The van der Waals surface area contributed by atoms with Gasteiger partial charge in [-0.15, -0.1) is 11.3 Å². The Balaban J connectivity index is 1.91. The van der Waals surface area contributed by atoms with Crippen LogP contribution in [-0.2, 0) is 6.54 Å². The fourth-order valence-corrected chi connectivity index (χ4v) is 2.78. The molecule has 0 saturated carbocycles. The van der Waals surface area contributed by atoms with Crippen molar-refractivity contribution in [2.24, 2.45) is 0 Å². The molecule has 84 valence electrons. The van der Waals surface area contributed by atoms with E-state index in [9.17, 15) is 0 Å². The summed E-state index contributed by atoms with van der Waals surface area (Å²) in [6.07, 6.45) is 0. The quantitative estimate of drug-likeness (QED) is 0.884. The van der Waals surface area contributed by atoms with Crippen LogP contribution in [0.25, 0.3) is 0 Å². The van der Waals surface area contributed by atoms with Gasteiger partial charge in [0.15, 0.2) is 0 Å². The second-order valence-corrected chi connectivity index (χ2v) is 6.06. The van der Waals surface area contributed by atoms with E-state index in [0.29, 0.717) is 6.04 Å². The Morgan fingerprint density at radius 1 is 1.31 bits per heavy atom. The van der Waals surface area contributed by atoms with Crippen molar-refractivity contribution in [2.75, 3.05) is 0 Å². The molecule has 0 aliphatic heterocycles. The van der Waals surface area contributed by atoms with Crippen LogP contribution in [0.4, 0.5) is 0 Å². The zero-order valence-corrected chi connectivity index (χ0v) is 11.5. The van der Waals surface area contributed by atoms with Crippen LogP contribution < -0.4 is 5.32 Å². The van der Waals surface area contributed by atoms with Gasteiger partial charge < -0.3 is 5.32 Å². The minimum atomic E-state index is 0.389. The molecule has 0 bridgehead atoms. The smallest absolute Gasteiger partial charge is 0.0701 e. The highest BCUT2D eigenvalue weighted by molar-refractivity contribution is 9.11. The zero-order valence-electron chi connectivity index (χ0n) is 9.11. The Morgan fingerprint density at radius 2 is 2.06 bits per heavy atom. The maximum Gasteiger partial charge on any atom is 0.0701 e. The molecule has 0 fully saturated rings. The van der Waals surface area contributed by atoms with Gasteiger partial charge in [0.2, 0.25) is 0 Å². The third-order valence-corrected chi connectivity index (χ3v) is 4.09. The molecule has 16 heavy (non-hydrogen) atoms. The van der Waals surface area contributed by atoms with E-state index in [2.05, 4.69) is 63.9 Å². The van der Waals surface area contributed by atoms with Crippen molar-refractivity contribution < 1.29 is 0 Å². The summed E-state index contributed by atoms with van der Waals surface area (Å²) in [5, 5.41) is 5.69. The van der Waals surface area contributed by atoms with E-state index < -0.39 is 0 Å². The summed E-state index contributed by atoms with van der Waals surface area (Å²) >= 11 is 5.20. The Kier molecular flexibility index (Phi) is 4.16. The van der Waals surface area contributed by atoms with Crippen molar-refractivity contribution in [3.05, 3.63) is 56.7 Å². The van der Waals surface area contributed by atoms with Gasteiger partial charge in [-0.05, 0) is 45.4 Å². The van der Waals surface area contributed by atoms with Gasteiger partial charge in [-0.1, -0.05) is 30.3 Å². The summed E-state index contributed by atoms with van der Waals surface area (Å²) in [6, 6.07) is 13.1. The van der Waals surface area contributed by atoms with Gasteiger partial charge in [0.25, 0.3) is 0 Å².